The van der Waals surface area contributed by atoms with Crippen molar-refractivity contribution in [1.82, 2.24) is 0 Å². The van der Waals surface area contributed by atoms with Gasteiger partial charge in [0.15, 0.2) is 0 Å². The Morgan fingerprint density at radius 3 is 1.00 bits per heavy atom. The average Bonchev–Trinajstić information content (AvgIpc) is 2.50. The molecule has 0 amide bonds. The number of rotatable bonds is 17. The first-order chi connectivity index (χ1) is 10.4. The lowest BCUT2D eigenvalue weighted by molar-refractivity contribution is 0.561. The van der Waals surface area contributed by atoms with E-state index < -0.39 is 0 Å². The summed E-state index contributed by atoms with van der Waals surface area (Å²) in [7, 11) is 0. The van der Waals surface area contributed by atoms with E-state index in [1.807, 2.05) is 0 Å². The highest BCUT2D eigenvalue weighted by atomic mass is 14.0. The Hall–Kier alpha value is -0.260. The first kappa shape index (κ1) is 20.7. The third-order valence-corrected chi connectivity index (χ3v) is 4.16. The number of hydrogen-bond donors (Lipinski definition) is 0. The third kappa shape index (κ3) is 19.7. The van der Waals surface area contributed by atoms with Gasteiger partial charge in [0, 0.05) is 0 Å². The van der Waals surface area contributed by atoms with Crippen LogP contribution in [0.25, 0.3) is 0 Å². The van der Waals surface area contributed by atoms with Crippen molar-refractivity contribution in [2.45, 2.75) is 109 Å². The van der Waals surface area contributed by atoms with Gasteiger partial charge in [-0.05, 0) is 25.7 Å². The van der Waals surface area contributed by atoms with Crippen LogP contribution in [0.1, 0.15) is 109 Å². The minimum Gasteiger partial charge on any atom is -0.0885 e. The van der Waals surface area contributed by atoms with Crippen molar-refractivity contribution in [3.63, 3.8) is 0 Å². The van der Waals surface area contributed by atoms with Gasteiger partial charge in [-0.15, -0.1) is 0 Å². The highest BCUT2D eigenvalue weighted by molar-refractivity contribution is 4.81. The van der Waals surface area contributed by atoms with Crippen LogP contribution < -0.4 is 0 Å². The molecule has 0 fully saturated rings. The molecule has 0 heterocycles. The fourth-order valence-corrected chi connectivity index (χ4v) is 2.70. The maximum absolute atomic E-state index is 3.89. The predicted molar refractivity (Wildman–Crippen MR) is 98.3 cm³/mol. The van der Waals surface area contributed by atoms with Crippen molar-refractivity contribution in [2.75, 3.05) is 0 Å². The molecule has 0 unspecified atom stereocenters. The van der Waals surface area contributed by atoms with Crippen molar-refractivity contribution < 1.29 is 0 Å². The molecule has 21 heavy (non-hydrogen) atoms. The summed E-state index contributed by atoms with van der Waals surface area (Å²) < 4.78 is 0. The van der Waals surface area contributed by atoms with Gasteiger partial charge in [-0.2, -0.15) is 0 Å². The zero-order valence-electron chi connectivity index (χ0n) is 14.6. The molecule has 0 aliphatic heterocycles. The van der Waals surface area contributed by atoms with Gasteiger partial charge in [0.25, 0.3) is 0 Å². The van der Waals surface area contributed by atoms with Crippen LogP contribution in [0.2, 0.25) is 0 Å². The molecule has 0 spiro atoms. The fraction of sp³-hybridized carbons (Fsp3) is 0.810. The SMILES string of the molecule is [CH2]CCCCCC/C=C/CCCCCCCCCCC[CH2]. The van der Waals surface area contributed by atoms with Crippen LogP contribution >= 0.6 is 0 Å². The monoisotopic (exact) mass is 292 g/mol. The van der Waals surface area contributed by atoms with Gasteiger partial charge in [-0.1, -0.05) is 109 Å². The Morgan fingerprint density at radius 2 is 0.667 bits per heavy atom. The predicted octanol–water partition coefficient (Wildman–Crippen LogP) is 7.84. The van der Waals surface area contributed by atoms with E-state index in [0.717, 1.165) is 12.8 Å². The van der Waals surface area contributed by atoms with Gasteiger partial charge >= 0.3 is 0 Å². The Morgan fingerprint density at radius 1 is 0.381 bits per heavy atom. The second-order valence-corrected chi connectivity index (χ2v) is 6.35. The lowest BCUT2D eigenvalue weighted by Crippen LogP contribution is -1.81. The van der Waals surface area contributed by atoms with Crippen LogP contribution in [0.15, 0.2) is 12.2 Å². The molecule has 2 radical (unpaired) electrons. The summed E-state index contributed by atoms with van der Waals surface area (Å²) >= 11 is 0. The molecule has 0 aliphatic carbocycles. The molecule has 0 aromatic carbocycles. The molecular formula is C21H40. The quantitative estimate of drug-likeness (QED) is 0.189. The Kier molecular flexibility index (Phi) is 19.5. The van der Waals surface area contributed by atoms with E-state index in [9.17, 15) is 0 Å². The Labute approximate surface area is 135 Å². The summed E-state index contributed by atoms with van der Waals surface area (Å²) in [6.07, 6.45) is 27.7. The molecule has 0 atom stereocenters. The minimum absolute atomic E-state index is 1.10. The summed E-state index contributed by atoms with van der Waals surface area (Å²) in [6, 6.07) is 0. The standard InChI is InChI=1S/C21H40/c1-3-5-7-9-11-13-15-17-19-21-20-18-16-14-12-10-8-6-4-2/h15,17H,1-14,16,18-21H2/b17-15+. The first-order valence-electron chi connectivity index (χ1n) is 9.65. The molecule has 0 saturated carbocycles. The van der Waals surface area contributed by atoms with Gasteiger partial charge in [-0.25, -0.2) is 0 Å². The molecule has 0 N–H and O–H groups in total. The van der Waals surface area contributed by atoms with Crippen LogP contribution in [0.5, 0.6) is 0 Å². The summed E-state index contributed by atoms with van der Waals surface area (Å²) in [6.45, 7) is 7.77. The highest BCUT2D eigenvalue weighted by Gasteiger charge is 1.92. The molecule has 0 aromatic rings. The van der Waals surface area contributed by atoms with Gasteiger partial charge in [0.05, 0.1) is 0 Å². The molecule has 0 aliphatic rings. The van der Waals surface area contributed by atoms with E-state index in [4.69, 9.17) is 0 Å². The van der Waals surface area contributed by atoms with Crippen molar-refractivity contribution in [2.24, 2.45) is 0 Å². The molecule has 124 valence electrons. The molecule has 0 rings (SSSR count). The summed E-state index contributed by atoms with van der Waals surface area (Å²) in [5, 5.41) is 0. The summed E-state index contributed by atoms with van der Waals surface area (Å²) in [5.74, 6) is 0. The molecular weight excluding hydrogens is 252 g/mol. The fourth-order valence-electron chi connectivity index (χ4n) is 2.70. The van der Waals surface area contributed by atoms with Crippen molar-refractivity contribution >= 4 is 0 Å². The highest BCUT2D eigenvalue weighted by Crippen LogP contribution is 2.11. The molecule has 0 nitrogen and oxygen atoms in total. The van der Waals surface area contributed by atoms with Crippen LogP contribution in [0, 0.1) is 13.8 Å². The van der Waals surface area contributed by atoms with Crippen LogP contribution in [-0.4, -0.2) is 0 Å². The average molecular weight is 293 g/mol. The smallest absolute Gasteiger partial charge is 0.0351 e. The van der Waals surface area contributed by atoms with Crippen LogP contribution in [-0.2, 0) is 0 Å². The molecule has 0 saturated heterocycles. The Balaban J connectivity index is 3.01. The second-order valence-electron chi connectivity index (χ2n) is 6.35. The first-order valence-corrected chi connectivity index (χ1v) is 9.65. The molecule has 0 heteroatoms. The van der Waals surface area contributed by atoms with Gasteiger partial charge < -0.3 is 0 Å². The Bertz CT molecular complexity index is 192. The minimum atomic E-state index is 1.10. The van der Waals surface area contributed by atoms with Gasteiger partial charge in [0.2, 0.25) is 0 Å². The topological polar surface area (TPSA) is 0 Å². The summed E-state index contributed by atoms with van der Waals surface area (Å²) in [4.78, 5) is 0. The zero-order chi connectivity index (χ0) is 15.4. The lowest BCUT2D eigenvalue weighted by atomic mass is 10.1. The van der Waals surface area contributed by atoms with Crippen molar-refractivity contribution in [3.8, 4) is 0 Å². The lowest BCUT2D eigenvalue weighted by Gasteiger charge is -2.01. The van der Waals surface area contributed by atoms with Gasteiger partial charge in [-0.3, -0.25) is 0 Å². The van der Waals surface area contributed by atoms with E-state index >= 15 is 0 Å². The molecule has 0 bridgehead atoms. The van der Waals surface area contributed by atoms with Crippen LogP contribution in [0.4, 0.5) is 0 Å². The van der Waals surface area contributed by atoms with Gasteiger partial charge in [0.1, 0.15) is 0 Å². The van der Waals surface area contributed by atoms with Crippen molar-refractivity contribution in [1.29, 1.82) is 0 Å². The van der Waals surface area contributed by atoms with E-state index in [2.05, 4.69) is 26.0 Å². The normalized spacial score (nSPS) is 11.5. The maximum Gasteiger partial charge on any atom is -0.0351 e. The van der Waals surface area contributed by atoms with E-state index in [1.165, 1.54) is 96.3 Å². The van der Waals surface area contributed by atoms with E-state index in [1.54, 1.807) is 0 Å². The number of hydrogen-bond acceptors (Lipinski definition) is 0. The van der Waals surface area contributed by atoms with E-state index in [0.29, 0.717) is 0 Å². The van der Waals surface area contributed by atoms with E-state index in [-0.39, 0.29) is 0 Å². The summed E-state index contributed by atoms with van der Waals surface area (Å²) in [5.41, 5.74) is 0. The second kappa shape index (κ2) is 19.7. The largest absolute Gasteiger partial charge is 0.0885 e. The third-order valence-electron chi connectivity index (χ3n) is 4.16. The van der Waals surface area contributed by atoms with Crippen molar-refractivity contribution in [3.05, 3.63) is 26.0 Å². The number of unbranched alkanes of at least 4 members (excludes halogenated alkanes) is 15. The van der Waals surface area contributed by atoms with Crippen LogP contribution in [0.3, 0.4) is 0 Å². The number of allylic oxidation sites excluding steroid dienone is 2. The molecule has 0 aromatic heterocycles. The maximum atomic E-state index is 3.89. The zero-order valence-corrected chi connectivity index (χ0v) is 14.6.